The van der Waals surface area contributed by atoms with Crippen molar-refractivity contribution >= 4 is 5.91 Å². The lowest BCUT2D eigenvalue weighted by Gasteiger charge is -2.32. The number of aryl methyl sites for hydroxylation is 1. The smallest absolute Gasteiger partial charge is 0.269 e. The van der Waals surface area contributed by atoms with Crippen LogP contribution in [0, 0.1) is 0 Å². The molecule has 0 unspecified atom stereocenters. The maximum atomic E-state index is 12.2. The molecule has 1 amide bonds. The zero-order chi connectivity index (χ0) is 15.4. The molecule has 1 saturated heterocycles. The monoisotopic (exact) mass is 299 g/mol. The molecule has 0 radical (unpaired) electrons. The molecule has 1 aliphatic rings. The van der Waals surface area contributed by atoms with E-state index in [0.29, 0.717) is 5.69 Å². The fourth-order valence-corrected chi connectivity index (χ4v) is 2.82. The lowest BCUT2D eigenvalue weighted by Crippen LogP contribution is -2.44. The Kier molecular flexibility index (Phi) is 4.48. The van der Waals surface area contributed by atoms with Gasteiger partial charge in [-0.05, 0) is 30.5 Å². The van der Waals surface area contributed by atoms with Gasteiger partial charge in [0.05, 0.1) is 12.5 Å². The van der Waals surface area contributed by atoms with Gasteiger partial charge in [-0.2, -0.15) is 0 Å². The van der Waals surface area contributed by atoms with Crippen molar-refractivity contribution in [2.45, 2.75) is 25.4 Å². The van der Waals surface area contributed by atoms with Crippen molar-refractivity contribution in [2.75, 3.05) is 13.1 Å². The topological polar surface area (TPSA) is 63.1 Å². The molecule has 0 aromatic carbocycles. The molecule has 0 aliphatic carbocycles. The van der Waals surface area contributed by atoms with E-state index in [-0.39, 0.29) is 11.9 Å². The molecule has 2 aromatic heterocycles. The average molecular weight is 299 g/mol. The van der Waals surface area contributed by atoms with Crippen LogP contribution in [0.5, 0.6) is 0 Å². The summed E-state index contributed by atoms with van der Waals surface area (Å²) < 4.78 is 1.74. The van der Waals surface area contributed by atoms with E-state index < -0.39 is 0 Å². The van der Waals surface area contributed by atoms with Gasteiger partial charge in [0.1, 0.15) is 5.69 Å². The molecule has 0 saturated carbocycles. The maximum absolute atomic E-state index is 12.2. The molecule has 0 bridgehead atoms. The number of likely N-dealkylation sites (tertiary alicyclic amines) is 1. The van der Waals surface area contributed by atoms with Crippen LogP contribution < -0.4 is 5.32 Å². The van der Waals surface area contributed by atoms with Crippen LogP contribution in [0.4, 0.5) is 0 Å². The SMILES string of the molecule is Cn1cncc1C(=O)NC1CCN(Cc2ccncc2)CC1. The van der Waals surface area contributed by atoms with Crippen LogP contribution in [0.1, 0.15) is 28.9 Å². The number of carbonyl (C=O) groups excluding carboxylic acids is 1. The van der Waals surface area contributed by atoms with E-state index >= 15 is 0 Å². The van der Waals surface area contributed by atoms with E-state index in [1.54, 1.807) is 17.1 Å². The Labute approximate surface area is 130 Å². The highest BCUT2D eigenvalue weighted by atomic mass is 16.2. The summed E-state index contributed by atoms with van der Waals surface area (Å²) in [5.74, 6) is -0.0346. The number of imidazole rings is 1. The molecule has 0 atom stereocenters. The molecule has 6 heteroatoms. The minimum absolute atomic E-state index is 0.0346. The van der Waals surface area contributed by atoms with Gasteiger partial charge in [-0.15, -0.1) is 0 Å². The van der Waals surface area contributed by atoms with Gasteiger partial charge in [0.25, 0.3) is 5.91 Å². The normalized spacial score (nSPS) is 16.6. The van der Waals surface area contributed by atoms with Gasteiger partial charge >= 0.3 is 0 Å². The summed E-state index contributed by atoms with van der Waals surface area (Å²) in [6, 6.07) is 4.35. The predicted octanol–water partition coefficient (Wildman–Crippen LogP) is 1.21. The van der Waals surface area contributed by atoms with Crippen LogP contribution in [-0.2, 0) is 13.6 Å². The molecule has 2 aromatic rings. The first-order valence-corrected chi connectivity index (χ1v) is 7.61. The van der Waals surface area contributed by atoms with Crippen molar-refractivity contribution in [1.82, 2.24) is 24.8 Å². The van der Waals surface area contributed by atoms with E-state index in [0.717, 1.165) is 32.5 Å². The molecule has 1 aliphatic heterocycles. The molecular weight excluding hydrogens is 278 g/mol. The molecule has 116 valence electrons. The van der Waals surface area contributed by atoms with Crippen LogP contribution in [0.3, 0.4) is 0 Å². The van der Waals surface area contributed by atoms with Crippen molar-refractivity contribution in [1.29, 1.82) is 0 Å². The van der Waals surface area contributed by atoms with Crippen molar-refractivity contribution in [3.63, 3.8) is 0 Å². The first kappa shape index (κ1) is 14.7. The Bertz CT molecular complexity index is 616. The Morgan fingerprint density at radius 2 is 2.00 bits per heavy atom. The molecule has 3 rings (SSSR count). The fourth-order valence-electron chi connectivity index (χ4n) is 2.82. The second-order valence-corrected chi connectivity index (χ2v) is 5.77. The Morgan fingerprint density at radius 3 is 2.64 bits per heavy atom. The first-order valence-electron chi connectivity index (χ1n) is 7.61. The van der Waals surface area contributed by atoms with E-state index in [4.69, 9.17) is 0 Å². The highest BCUT2D eigenvalue weighted by Crippen LogP contribution is 2.14. The van der Waals surface area contributed by atoms with Crippen molar-refractivity contribution < 1.29 is 4.79 Å². The zero-order valence-electron chi connectivity index (χ0n) is 12.8. The standard InChI is InChI=1S/C16H21N5O/c1-20-12-18-10-15(20)16(22)19-14-4-8-21(9-5-14)11-13-2-6-17-7-3-13/h2-3,6-7,10,12,14H,4-5,8-9,11H2,1H3,(H,19,22). The molecular formula is C16H21N5O. The maximum Gasteiger partial charge on any atom is 0.269 e. The molecule has 6 nitrogen and oxygen atoms in total. The highest BCUT2D eigenvalue weighted by Gasteiger charge is 2.22. The van der Waals surface area contributed by atoms with Gasteiger partial charge in [-0.1, -0.05) is 0 Å². The van der Waals surface area contributed by atoms with Gasteiger partial charge in [-0.3, -0.25) is 14.7 Å². The first-order chi connectivity index (χ1) is 10.7. The predicted molar refractivity (Wildman–Crippen MR) is 83.2 cm³/mol. The summed E-state index contributed by atoms with van der Waals surface area (Å²) in [4.78, 5) is 22.6. The summed E-state index contributed by atoms with van der Waals surface area (Å²) in [5.41, 5.74) is 1.89. The van der Waals surface area contributed by atoms with E-state index in [9.17, 15) is 4.79 Å². The minimum Gasteiger partial charge on any atom is -0.348 e. The summed E-state index contributed by atoms with van der Waals surface area (Å²) in [6.45, 7) is 2.95. The number of nitrogens with one attached hydrogen (secondary N) is 1. The average Bonchev–Trinajstić information content (AvgIpc) is 2.96. The Hall–Kier alpha value is -2.21. The third-order valence-corrected chi connectivity index (χ3v) is 4.13. The van der Waals surface area contributed by atoms with Gasteiger partial charge in [-0.25, -0.2) is 4.98 Å². The highest BCUT2D eigenvalue weighted by molar-refractivity contribution is 5.92. The summed E-state index contributed by atoms with van der Waals surface area (Å²) in [5, 5.41) is 3.11. The number of piperidine rings is 1. The van der Waals surface area contributed by atoms with Crippen LogP contribution in [-0.4, -0.2) is 44.5 Å². The van der Waals surface area contributed by atoms with Crippen LogP contribution in [0.15, 0.2) is 37.1 Å². The van der Waals surface area contributed by atoms with Crippen LogP contribution >= 0.6 is 0 Å². The van der Waals surface area contributed by atoms with Crippen molar-refractivity contribution in [3.05, 3.63) is 48.3 Å². The number of rotatable bonds is 4. The number of pyridine rings is 1. The summed E-state index contributed by atoms with van der Waals surface area (Å²) >= 11 is 0. The van der Waals surface area contributed by atoms with E-state index in [2.05, 4.69) is 32.3 Å². The summed E-state index contributed by atoms with van der Waals surface area (Å²) in [7, 11) is 1.83. The van der Waals surface area contributed by atoms with Gasteiger partial charge in [0, 0.05) is 45.1 Å². The van der Waals surface area contributed by atoms with Crippen LogP contribution in [0.2, 0.25) is 0 Å². The Morgan fingerprint density at radius 1 is 1.27 bits per heavy atom. The minimum atomic E-state index is -0.0346. The number of hydrogen-bond acceptors (Lipinski definition) is 4. The molecule has 1 fully saturated rings. The van der Waals surface area contributed by atoms with Crippen molar-refractivity contribution in [2.24, 2.45) is 7.05 Å². The zero-order valence-corrected chi connectivity index (χ0v) is 12.8. The number of carbonyl (C=O) groups is 1. The van der Waals surface area contributed by atoms with Gasteiger partial charge in [0.2, 0.25) is 0 Å². The second-order valence-electron chi connectivity index (χ2n) is 5.77. The Balaban J connectivity index is 1.48. The number of aromatic nitrogens is 3. The second kappa shape index (κ2) is 6.70. The number of amides is 1. The number of hydrogen-bond donors (Lipinski definition) is 1. The van der Waals surface area contributed by atoms with E-state index in [1.165, 1.54) is 5.56 Å². The van der Waals surface area contributed by atoms with Gasteiger partial charge < -0.3 is 9.88 Å². The number of nitrogens with zero attached hydrogens (tertiary/aromatic N) is 4. The lowest BCUT2D eigenvalue weighted by atomic mass is 10.0. The molecule has 1 N–H and O–H groups in total. The lowest BCUT2D eigenvalue weighted by molar-refractivity contribution is 0.0900. The van der Waals surface area contributed by atoms with E-state index in [1.807, 2.05) is 19.4 Å². The van der Waals surface area contributed by atoms with Crippen LogP contribution in [0.25, 0.3) is 0 Å². The van der Waals surface area contributed by atoms with Gasteiger partial charge in [0.15, 0.2) is 0 Å². The fraction of sp³-hybridized carbons (Fsp3) is 0.438. The third-order valence-electron chi connectivity index (χ3n) is 4.13. The molecule has 3 heterocycles. The quantitative estimate of drug-likeness (QED) is 0.922. The summed E-state index contributed by atoms with van der Waals surface area (Å²) in [6.07, 6.45) is 8.87. The van der Waals surface area contributed by atoms with Crippen molar-refractivity contribution in [3.8, 4) is 0 Å². The largest absolute Gasteiger partial charge is 0.348 e. The molecule has 22 heavy (non-hydrogen) atoms. The third kappa shape index (κ3) is 3.51. The molecule has 0 spiro atoms.